The van der Waals surface area contributed by atoms with Crippen molar-refractivity contribution in [3.8, 4) is 0 Å². The molecule has 180 valence electrons. The summed E-state index contributed by atoms with van der Waals surface area (Å²) >= 11 is 5.83. The van der Waals surface area contributed by atoms with Crippen LogP contribution in [0.4, 0.5) is 0 Å². The maximum atomic E-state index is 13.2. The Kier molecular flexibility index (Phi) is 8.94. The highest BCUT2D eigenvalue weighted by atomic mass is 35.5. The van der Waals surface area contributed by atoms with Crippen LogP contribution in [-0.4, -0.2) is 43.8 Å². The standard InChI is InChI=1S/C23H30ClN3O5S/c1-2-6-21(23(29)26-18-7-3-4-8-18)27(16-19-9-5-14-32-19)22(28)15-25-33(30,31)20-12-10-17(24)11-13-20/h5,9-14,18,21,25H,2-4,6-8,15-16H2,1H3,(H,26,29). The molecule has 2 aromatic rings. The van der Waals surface area contributed by atoms with Gasteiger partial charge in [-0.2, -0.15) is 0 Å². The molecule has 0 bridgehead atoms. The summed E-state index contributed by atoms with van der Waals surface area (Å²) in [6.07, 6.45) is 6.63. The summed E-state index contributed by atoms with van der Waals surface area (Å²) in [7, 11) is -3.92. The minimum absolute atomic E-state index is 0.00127. The van der Waals surface area contributed by atoms with Crippen molar-refractivity contribution >= 4 is 33.4 Å². The Morgan fingerprint density at radius 2 is 1.88 bits per heavy atom. The Labute approximate surface area is 199 Å². The second-order valence-corrected chi connectivity index (χ2v) is 10.4. The SMILES string of the molecule is CCCC(C(=O)NC1CCCC1)N(Cc1ccco1)C(=O)CNS(=O)(=O)c1ccc(Cl)cc1. The van der Waals surface area contributed by atoms with E-state index in [0.717, 1.165) is 25.7 Å². The van der Waals surface area contributed by atoms with Crippen molar-refractivity contribution < 1.29 is 22.4 Å². The second-order valence-electron chi connectivity index (χ2n) is 8.17. The van der Waals surface area contributed by atoms with E-state index in [0.29, 0.717) is 23.6 Å². The predicted molar refractivity (Wildman–Crippen MR) is 125 cm³/mol. The zero-order valence-electron chi connectivity index (χ0n) is 18.6. The minimum Gasteiger partial charge on any atom is -0.467 e. The maximum absolute atomic E-state index is 13.2. The van der Waals surface area contributed by atoms with Gasteiger partial charge >= 0.3 is 0 Å². The molecule has 1 unspecified atom stereocenters. The molecule has 3 rings (SSSR count). The summed E-state index contributed by atoms with van der Waals surface area (Å²) in [6.45, 7) is 1.52. The Bertz CT molecular complexity index is 1020. The van der Waals surface area contributed by atoms with E-state index in [9.17, 15) is 18.0 Å². The fourth-order valence-electron chi connectivity index (χ4n) is 3.97. The third-order valence-electron chi connectivity index (χ3n) is 5.71. The summed E-state index contributed by atoms with van der Waals surface area (Å²) in [5, 5.41) is 3.48. The minimum atomic E-state index is -3.92. The van der Waals surface area contributed by atoms with Gasteiger partial charge in [-0.3, -0.25) is 9.59 Å². The van der Waals surface area contributed by atoms with E-state index in [1.165, 1.54) is 35.4 Å². The van der Waals surface area contributed by atoms with Crippen molar-refractivity contribution in [2.75, 3.05) is 6.54 Å². The fourth-order valence-corrected chi connectivity index (χ4v) is 5.07. The number of carbonyl (C=O) groups excluding carboxylic acids is 2. The molecule has 1 saturated carbocycles. The van der Waals surface area contributed by atoms with Crippen LogP contribution in [0.15, 0.2) is 52.0 Å². The van der Waals surface area contributed by atoms with Crippen LogP contribution >= 0.6 is 11.6 Å². The highest BCUT2D eigenvalue weighted by Crippen LogP contribution is 2.20. The second kappa shape index (κ2) is 11.7. The zero-order valence-corrected chi connectivity index (χ0v) is 20.2. The monoisotopic (exact) mass is 495 g/mol. The predicted octanol–water partition coefficient (Wildman–Crippen LogP) is 3.47. The third-order valence-corrected chi connectivity index (χ3v) is 7.38. The first-order valence-corrected chi connectivity index (χ1v) is 13.0. The molecule has 1 atom stereocenters. The number of nitrogens with one attached hydrogen (secondary N) is 2. The molecule has 1 aliphatic carbocycles. The molecule has 2 N–H and O–H groups in total. The van der Waals surface area contributed by atoms with E-state index in [2.05, 4.69) is 10.0 Å². The van der Waals surface area contributed by atoms with Crippen LogP contribution < -0.4 is 10.0 Å². The van der Waals surface area contributed by atoms with Crippen molar-refractivity contribution in [2.45, 2.75) is 69.0 Å². The molecule has 1 aromatic heterocycles. The summed E-state index contributed by atoms with van der Waals surface area (Å²) in [5.74, 6) is -0.216. The van der Waals surface area contributed by atoms with Gasteiger partial charge in [0.1, 0.15) is 11.8 Å². The van der Waals surface area contributed by atoms with Crippen LogP contribution in [0.25, 0.3) is 0 Å². The molecular weight excluding hydrogens is 466 g/mol. The van der Waals surface area contributed by atoms with Crippen molar-refractivity contribution in [2.24, 2.45) is 0 Å². The summed E-state index contributed by atoms with van der Waals surface area (Å²) in [6, 6.07) is 8.46. The zero-order chi connectivity index (χ0) is 23.8. The van der Waals surface area contributed by atoms with Gasteiger partial charge in [-0.05, 0) is 55.7 Å². The number of amides is 2. The van der Waals surface area contributed by atoms with Crippen molar-refractivity contribution in [3.05, 3.63) is 53.4 Å². The van der Waals surface area contributed by atoms with Crippen LogP contribution in [0.5, 0.6) is 0 Å². The Morgan fingerprint density at radius 1 is 1.18 bits per heavy atom. The number of furan rings is 1. The van der Waals surface area contributed by atoms with Gasteiger partial charge in [-0.1, -0.05) is 37.8 Å². The van der Waals surface area contributed by atoms with Crippen molar-refractivity contribution in [1.82, 2.24) is 14.9 Å². The third kappa shape index (κ3) is 7.06. The van der Waals surface area contributed by atoms with Crippen LogP contribution in [0.1, 0.15) is 51.2 Å². The Hall–Kier alpha value is -2.36. The van der Waals surface area contributed by atoms with Crippen LogP contribution in [0, 0.1) is 0 Å². The number of benzene rings is 1. The smallest absolute Gasteiger partial charge is 0.243 e. The molecule has 1 heterocycles. The van der Waals surface area contributed by atoms with Gasteiger partial charge in [0.15, 0.2) is 0 Å². The normalized spacial score (nSPS) is 15.3. The molecular formula is C23H30ClN3O5S. The van der Waals surface area contributed by atoms with E-state index in [4.69, 9.17) is 16.0 Å². The van der Waals surface area contributed by atoms with Gasteiger partial charge in [0.25, 0.3) is 0 Å². The first-order valence-electron chi connectivity index (χ1n) is 11.2. The lowest BCUT2D eigenvalue weighted by Gasteiger charge is -2.31. The van der Waals surface area contributed by atoms with Gasteiger partial charge in [0.05, 0.1) is 24.2 Å². The average Bonchev–Trinajstić information content (AvgIpc) is 3.49. The lowest BCUT2D eigenvalue weighted by atomic mass is 10.1. The first kappa shape index (κ1) is 25.3. The molecule has 0 saturated heterocycles. The molecule has 0 aliphatic heterocycles. The maximum Gasteiger partial charge on any atom is 0.243 e. The van der Waals surface area contributed by atoms with E-state index >= 15 is 0 Å². The molecule has 1 aliphatic rings. The van der Waals surface area contributed by atoms with Gasteiger partial charge in [-0.25, -0.2) is 13.1 Å². The summed E-state index contributed by atoms with van der Waals surface area (Å²) in [4.78, 5) is 27.7. The number of sulfonamides is 1. The fraction of sp³-hybridized carbons (Fsp3) is 0.478. The van der Waals surface area contributed by atoms with Crippen LogP contribution in [0.2, 0.25) is 5.02 Å². The van der Waals surface area contributed by atoms with E-state index in [1.54, 1.807) is 12.1 Å². The van der Waals surface area contributed by atoms with E-state index in [1.807, 2.05) is 6.92 Å². The Balaban J connectivity index is 1.76. The molecule has 33 heavy (non-hydrogen) atoms. The number of nitrogens with zero attached hydrogens (tertiary/aromatic N) is 1. The number of rotatable bonds is 11. The van der Waals surface area contributed by atoms with Crippen LogP contribution in [-0.2, 0) is 26.2 Å². The number of halogens is 1. The van der Waals surface area contributed by atoms with Gasteiger partial charge < -0.3 is 14.6 Å². The first-order chi connectivity index (χ1) is 15.8. The Morgan fingerprint density at radius 3 is 2.48 bits per heavy atom. The number of hydrogen-bond acceptors (Lipinski definition) is 5. The average molecular weight is 496 g/mol. The molecule has 10 heteroatoms. The molecule has 1 aromatic carbocycles. The number of hydrogen-bond donors (Lipinski definition) is 2. The lowest BCUT2D eigenvalue weighted by molar-refractivity contribution is -0.141. The summed E-state index contributed by atoms with van der Waals surface area (Å²) < 4.78 is 33.0. The largest absolute Gasteiger partial charge is 0.467 e. The number of carbonyl (C=O) groups is 2. The molecule has 8 nitrogen and oxygen atoms in total. The van der Waals surface area contributed by atoms with E-state index in [-0.39, 0.29) is 23.4 Å². The van der Waals surface area contributed by atoms with Gasteiger partial charge in [0, 0.05) is 11.1 Å². The van der Waals surface area contributed by atoms with Crippen molar-refractivity contribution in [3.63, 3.8) is 0 Å². The highest BCUT2D eigenvalue weighted by Gasteiger charge is 2.32. The quantitative estimate of drug-likeness (QED) is 0.496. The molecule has 2 amide bonds. The molecule has 0 radical (unpaired) electrons. The lowest BCUT2D eigenvalue weighted by Crippen LogP contribution is -2.53. The molecule has 1 fully saturated rings. The van der Waals surface area contributed by atoms with Gasteiger partial charge in [0.2, 0.25) is 21.8 Å². The topological polar surface area (TPSA) is 109 Å². The van der Waals surface area contributed by atoms with E-state index < -0.39 is 28.5 Å². The summed E-state index contributed by atoms with van der Waals surface area (Å²) in [5.41, 5.74) is 0. The highest BCUT2D eigenvalue weighted by molar-refractivity contribution is 7.89. The molecule has 0 spiro atoms. The van der Waals surface area contributed by atoms with Gasteiger partial charge in [-0.15, -0.1) is 0 Å². The van der Waals surface area contributed by atoms with Crippen LogP contribution in [0.3, 0.4) is 0 Å². The van der Waals surface area contributed by atoms with Crippen molar-refractivity contribution in [1.29, 1.82) is 0 Å².